The SMILES string of the molecule is CCN(CC)CC.CCN(CC)CC.O=c1[nH]cnc2ccnn12. The zero-order chi connectivity index (χ0) is 18.4. The molecule has 0 aliphatic carbocycles. The molecular formula is C17H34N6O. The van der Waals surface area contributed by atoms with Crippen molar-refractivity contribution in [1.29, 1.82) is 0 Å². The van der Waals surface area contributed by atoms with Gasteiger partial charge in [0.25, 0.3) is 0 Å². The molecule has 138 valence electrons. The fraction of sp³-hybridized carbons (Fsp3) is 0.706. The number of fused-ring (bicyclic) bond motifs is 1. The van der Waals surface area contributed by atoms with E-state index in [1.54, 1.807) is 6.07 Å². The minimum absolute atomic E-state index is 0.269. The fourth-order valence-electron chi connectivity index (χ4n) is 2.11. The third-order valence-corrected chi connectivity index (χ3v) is 3.88. The summed E-state index contributed by atoms with van der Waals surface area (Å²) in [5, 5.41) is 3.73. The van der Waals surface area contributed by atoms with Crippen LogP contribution in [-0.4, -0.2) is 68.7 Å². The molecule has 0 unspecified atom stereocenters. The van der Waals surface area contributed by atoms with Crippen molar-refractivity contribution < 1.29 is 0 Å². The van der Waals surface area contributed by atoms with Gasteiger partial charge in [-0.05, 0) is 39.3 Å². The normalized spacial score (nSPS) is 10.3. The summed E-state index contributed by atoms with van der Waals surface area (Å²) in [7, 11) is 0. The van der Waals surface area contributed by atoms with Crippen LogP contribution in [0.2, 0.25) is 0 Å². The van der Waals surface area contributed by atoms with Gasteiger partial charge < -0.3 is 9.80 Å². The number of nitrogens with zero attached hydrogens (tertiary/aromatic N) is 5. The Morgan fingerprint density at radius 3 is 1.71 bits per heavy atom. The van der Waals surface area contributed by atoms with Crippen LogP contribution in [0, 0.1) is 0 Å². The summed E-state index contributed by atoms with van der Waals surface area (Å²) in [6.45, 7) is 20.2. The number of hydrogen-bond donors (Lipinski definition) is 1. The number of rotatable bonds is 6. The summed E-state index contributed by atoms with van der Waals surface area (Å²) in [6.07, 6.45) is 2.87. The Hall–Kier alpha value is -1.73. The number of hydrogen-bond acceptors (Lipinski definition) is 5. The highest BCUT2D eigenvalue weighted by Crippen LogP contribution is 1.87. The van der Waals surface area contributed by atoms with Crippen LogP contribution in [0.3, 0.4) is 0 Å². The number of aromatic amines is 1. The molecule has 2 aromatic heterocycles. The summed E-state index contributed by atoms with van der Waals surface area (Å²) in [5.74, 6) is 0. The highest BCUT2D eigenvalue weighted by atomic mass is 16.1. The molecule has 2 heterocycles. The lowest BCUT2D eigenvalue weighted by molar-refractivity contribution is 0.321. The van der Waals surface area contributed by atoms with E-state index >= 15 is 0 Å². The molecule has 7 heteroatoms. The van der Waals surface area contributed by atoms with Gasteiger partial charge in [0.05, 0.1) is 12.5 Å². The Morgan fingerprint density at radius 2 is 1.38 bits per heavy atom. The van der Waals surface area contributed by atoms with Gasteiger partial charge in [-0.1, -0.05) is 41.5 Å². The molecule has 0 fully saturated rings. The van der Waals surface area contributed by atoms with Gasteiger partial charge in [-0.2, -0.15) is 9.61 Å². The van der Waals surface area contributed by atoms with Crippen LogP contribution < -0.4 is 5.69 Å². The molecule has 24 heavy (non-hydrogen) atoms. The van der Waals surface area contributed by atoms with Crippen LogP contribution in [-0.2, 0) is 0 Å². The Balaban J connectivity index is 0.000000343. The van der Waals surface area contributed by atoms with Gasteiger partial charge in [0.1, 0.15) is 0 Å². The van der Waals surface area contributed by atoms with Crippen molar-refractivity contribution in [3.8, 4) is 0 Å². The molecule has 0 amide bonds. The van der Waals surface area contributed by atoms with E-state index in [1.807, 2.05) is 0 Å². The molecule has 0 spiro atoms. The Kier molecular flexibility index (Phi) is 12.7. The van der Waals surface area contributed by atoms with E-state index in [1.165, 1.54) is 56.3 Å². The quantitative estimate of drug-likeness (QED) is 0.873. The van der Waals surface area contributed by atoms with Crippen molar-refractivity contribution in [1.82, 2.24) is 29.4 Å². The third kappa shape index (κ3) is 8.21. The summed E-state index contributed by atoms with van der Waals surface area (Å²) in [6, 6.07) is 1.66. The molecule has 0 aromatic carbocycles. The average Bonchev–Trinajstić information content (AvgIpc) is 3.09. The first-order valence-electron chi connectivity index (χ1n) is 8.89. The Bertz CT molecular complexity index is 548. The van der Waals surface area contributed by atoms with Crippen LogP contribution in [0.15, 0.2) is 23.4 Å². The van der Waals surface area contributed by atoms with E-state index in [4.69, 9.17) is 0 Å². The molecule has 2 rings (SSSR count). The van der Waals surface area contributed by atoms with Crippen LogP contribution in [0.4, 0.5) is 0 Å². The maximum absolute atomic E-state index is 10.8. The molecule has 0 aliphatic heterocycles. The Morgan fingerprint density at radius 1 is 0.917 bits per heavy atom. The monoisotopic (exact) mass is 338 g/mol. The molecule has 0 radical (unpaired) electrons. The predicted octanol–water partition coefficient (Wildman–Crippen LogP) is 2.11. The molecule has 0 saturated heterocycles. The Labute approximate surface area is 145 Å². The van der Waals surface area contributed by atoms with E-state index in [2.05, 4.69) is 66.4 Å². The van der Waals surface area contributed by atoms with Crippen LogP contribution in [0.1, 0.15) is 41.5 Å². The third-order valence-electron chi connectivity index (χ3n) is 3.88. The zero-order valence-corrected chi connectivity index (χ0v) is 16.1. The highest BCUT2D eigenvalue weighted by molar-refractivity contribution is 5.32. The first kappa shape index (κ1) is 22.3. The lowest BCUT2D eigenvalue weighted by Gasteiger charge is -2.13. The molecule has 7 nitrogen and oxygen atoms in total. The summed E-state index contributed by atoms with van der Waals surface area (Å²) < 4.78 is 1.19. The van der Waals surface area contributed by atoms with Crippen molar-refractivity contribution in [3.05, 3.63) is 29.1 Å². The fourth-order valence-corrected chi connectivity index (χ4v) is 2.11. The van der Waals surface area contributed by atoms with Crippen LogP contribution in [0.25, 0.3) is 5.65 Å². The first-order chi connectivity index (χ1) is 11.6. The molecule has 0 atom stereocenters. The van der Waals surface area contributed by atoms with Crippen molar-refractivity contribution >= 4 is 5.65 Å². The highest BCUT2D eigenvalue weighted by Gasteiger charge is 1.94. The summed E-state index contributed by atoms with van der Waals surface area (Å²) >= 11 is 0. The topological polar surface area (TPSA) is 69.5 Å². The largest absolute Gasteiger partial charge is 0.349 e. The van der Waals surface area contributed by atoms with E-state index in [0.29, 0.717) is 5.65 Å². The molecule has 0 aliphatic rings. The van der Waals surface area contributed by atoms with Gasteiger partial charge in [-0.15, -0.1) is 0 Å². The smallest absolute Gasteiger partial charge is 0.304 e. The van der Waals surface area contributed by atoms with E-state index in [9.17, 15) is 4.79 Å². The summed E-state index contributed by atoms with van der Waals surface area (Å²) in [5.41, 5.74) is 0.291. The number of nitrogens with one attached hydrogen (secondary N) is 1. The van der Waals surface area contributed by atoms with E-state index < -0.39 is 0 Å². The van der Waals surface area contributed by atoms with Gasteiger partial charge in [-0.25, -0.2) is 9.78 Å². The zero-order valence-electron chi connectivity index (χ0n) is 16.1. The van der Waals surface area contributed by atoms with Crippen molar-refractivity contribution in [2.24, 2.45) is 0 Å². The van der Waals surface area contributed by atoms with Gasteiger partial charge in [0.15, 0.2) is 5.65 Å². The van der Waals surface area contributed by atoms with Crippen LogP contribution in [0.5, 0.6) is 0 Å². The maximum atomic E-state index is 10.8. The molecule has 2 aromatic rings. The van der Waals surface area contributed by atoms with Crippen LogP contribution >= 0.6 is 0 Å². The molecular weight excluding hydrogens is 304 g/mol. The van der Waals surface area contributed by atoms with Crippen molar-refractivity contribution in [2.75, 3.05) is 39.3 Å². The van der Waals surface area contributed by atoms with Crippen molar-refractivity contribution in [2.45, 2.75) is 41.5 Å². The first-order valence-corrected chi connectivity index (χ1v) is 8.89. The lowest BCUT2D eigenvalue weighted by Crippen LogP contribution is -2.21. The lowest BCUT2D eigenvalue weighted by atomic mass is 10.5. The van der Waals surface area contributed by atoms with Gasteiger partial charge in [0, 0.05) is 6.07 Å². The number of H-pyrrole nitrogens is 1. The van der Waals surface area contributed by atoms with E-state index in [0.717, 1.165) is 0 Å². The van der Waals surface area contributed by atoms with Gasteiger partial charge >= 0.3 is 5.69 Å². The van der Waals surface area contributed by atoms with E-state index in [-0.39, 0.29) is 5.69 Å². The standard InChI is InChI=1S/2C6H15N.C5H4N4O/c2*1-4-7(5-2)6-3;10-5-7-3-6-4-1-2-8-9(4)5/h2*4-6H2,1-3H3;1-3H,(H,6,7,10). The maximum Gasteiger partial charge on any atom is 0.349 e. The van der Waals surface area contributed by atoms with Gasteiger partial charge in [-0.3, -0.25) is 4.98 Å². The van der Waals surface area contributed by atoms with Gasteiger partial charge in [0.2, 0.25) is 0 Å². The molecule has 0 bridgehead atoms. The molecule has 0 saturated carbocycles. The second-order valence-corrected chi connectivity index (χ2v) is 5.05. The van der Waals surface area contributed by atoms with Crippen molar-refractivity contribution in [3.63, 3.8) is 0 Å². The molecule has 1 N–H and O–H groups in total. The second-order valence-electron chi connectivity index (χ2n) is 5.05. The minimum Gasteiger partial charge on any atom is -0.304 e. The number of aromatic nitrogens is 4. The average molecular weight is 338 g/mol. The second kappa shape index (κ2) is 13.7. The predicted molar refractivity (Wildman–Crippen MR) is 101 cm³/mol. The minimum atomic E-state index is -0.269. The summed E-state index contributed by atoms with van der Waals surface area (Å²) in [4.78, 5) is 21.8.